The first-order valence-electron chi connectivity index (χ1n) is 8.21. The Bertz CT molecular complexity index is 1000. The molecule has 0 aromatic heterocycles. The summed E-state index contributed by atoms with van der Waals surface area (Å²) in [5.74, 6) is 0.597. The molecule has 0 radical (unpaired) electrons. The average Bonchev–Trinajstić information content (AvgIpc) is 2.64. The summed E-state index contributed by atoms with van der Waals surface area (Å²) >= 11 is 0. The van der Waals surface area contributed by atoms with Gasteiger partial charge in [0.25, 0.3) is 0 Å². The molecule has 0 saturated carbocycles. The molecule has 0 unspecified atom stereocenters. The zero-order valence-corrected chi connectivity index (χ0v) is 16.9. The first kappa shape index (κ1) is 21.3. The molecule has 2 aromatic carbocycles. The molecule has 0 aliphatic heterocycles. The molecule has 9 heteroatoms. The number of anilines is 2. The fourth-order valence-electron chi connectivity index (χ4n) is 2.57. The maximum absolute atomic E-state index is 12.4. The van der Waals surface area contributed by atoms with Gasteiger partial charge < -0.3 is 19.7 Å². The Balaban J connectivity index is 2.32. The van der Waals surface area contributed by atoms with E-state index in [-0.39, 0.29) is 4.90 Å². The summed E-state index contributed by atoms with van der Waals surface area (Å²) < 4.78 is 33.8. The minimum absolute atomic E-state index is 0.0909. The molecule has 0 aliphatic carbocycles. The molecule has 28 heavy (non-hydrogen) atoms. The van der Waals surface area contributed by atoms with Crippen molar-refractivity contribution in [3.05, 3.63) is 48.0 Å². The summed E-state index contributed by atoms with van der Waals surface area (Å²) in [7, 11) is 2.70. The van der Waals surface area contributed by atoms with E-state index in [4.69, 9.17) is 14.6 Å². The monoisotopic (exact) mass is 405 g/mol. The number of hydrogen-bond donors (Lipinski definition) is 2. The number of carbonyl (C=O) groups excluding carboxylic acids is 1. The van der Waals surface area contributed by atoms with Gasteiger partial charge in [0.15, 0.2) is 11.5 Å². The minimum Gasteiger partial charge on any atom is -0.493 e. The molecule has 2 rings (SSSR count). The van der Waals surface area contributed by atoms with Crippen LogP contribution in [-0.4, -0.2) is 42.6 Å². The summed E-state index contributed by atoms with van der Waals surface area (Å²) in [4.78, 5) is 14.1. The Morgan fingerprint density at radius 2 is 1.86 bits per heavy atom. The van der Waals surface area contributed by atoms with Gasteiger partial charge in [0.2, 0.25) is 15.9 Å². The molecule has 1 amide bonds. The Hall–Kier alpha value is -3.04. The van der Waals surface area contributed by atoms with Gasteiger partial charge in [-0.1, -0.05) is 12.1 Å². The Morgan fingerprint density at radius 1 is 1.14 bits per heavy atom. The number of benzene rings is 2. The van der Waals surface area contributed by atoms with Crippen LogP contribution in [0.15, 0.2) is 47.4 Å². The fraction of sp³-hybridized carbons (Fsp3) is 0.211. The largest absolute Gasteiger partial charge is 0.493 e. The molecule has 150 valence electrons. The third kappa shape index (κ3) is 5.02. The Morgan fingerprint density at radius 3 is 2.43 bits per heavy atom. The summed E-state index contributed by atoms with van der Waals surface area (Å²) in [6.07, 6.45) is 2.90. The number of nitrogens with one attached hydrogen (secondary N) is 1. The number of nitrogens with zero attached hydrogens (tertiary/aromatic N) is 1. The maximum Gasteiger partial charge on any atom is 0.248 e. The highest BCUT2D eigenvalue weighted by atomic mass is 32.2. The van der Waals surface area contributed by atoms with Crippen LogP contribution in [0.2, 0.25) is 0 Å². The first-order valence-corrected chi connectivity index (χ1v) is 9.76. The van der Waals surface area contributed by atoms with Gasteiger partial charge in [0, 0.05) is 25.7 Å². The van der Waals surface area contributed by atoms with Crippen molar-refractivity contribution in [2.75, 3.05) is 38.5 Å². The van der Waals surface area contributed by atoms with E-state index in [1.807, 2.05) is 0 Å². The average molecular weight is 405 g/mol. The van der Waals surface area contributed by atoms with Crippen LogP contribution in [0.25, 0.3) is 6.08 Å². The normalized spacial score (nSPS) is 11.3. The van der Waals surface area contributed by atoms with Crippen LogP contribution in [0.1, 0.15) is 5.56 Å². The van der Waals surface area contributed by atoms with Crippen molar-refractivity contribution in [2.24, 2.45) is 5.14 Å². The lowest BCUT2D eigenvalue weighted by Crippen LogP contribution is -2.17. The number of ether oxygens (including phenoxy) is 2. The lowest BCUT2D eigenvalue weighted by Gasteiger charge is -2.18. The second-order valence-electron chi connectivity index (χ2n) is 6.02. The topological polar surface area (TPSA) is 111 Å². The molecule has 8 nitrogen and oxygen atoms in total. The number of nitrogens with two attached hydrogens (primary N) is 1. The number of primary sulfonamides is 1. The smallest absolute Gasteiger partial charge is 0.248 e. The van der Waals surface area contributed by atoms with Gasteiger partial charge in [0.1, 0.15) is 0 Å². The quantitative estimate of drug-likeness (QED) is 0.682. The summed E-state index contributed by atoms with van der Waals surface area (Å²) in [5.41, 5.74) is 1.61. The number of sulfonamides is 1. The lowest BCUT2D eigenvalue weighted by molar-refractivity contribution is -0.111. The van der Waals surface area contributed by atoms with Gasteiger partial charge in [-0.05, 0) is 30.3 Å². The first-order chi connectivity index (χ1) is 13.2. The zero-order chi connectivity index (χ0) is 20.9. The second kappa shape index (κ2) is 8.77. The van der Waals surface area contributed by atoms with Crippen LogP contribution in [0.4, 0.5) is 11.4 Å². The molecular weight excluding hydrogens is 382 g/mol. The van der Waals surface area contributed by atoms with Crippen LogP contribution >= 0.6 is 0 Å². The summed E-state index contributed by atoms with van der Waals surface area (Å²) in [6, 6.07) is 9.58. The van der Waals surface area contributed by atoms with Crippen molar-refractivity contribution in [1.82, 2.24) is 0 Å². The number of hydrogen-bond acceptors (Lipinski definition) is 6. The fourth-order valence-corrected chi connectivity index (χ4v) is 3.11. The van der Waals surface area contributed by atoms with Crippen molar-refractivity contribution in [3.8, 4) is 11.5 Å². The zero-order valence-electron chi connectivity index (χ0n) is 16.1. The van der Waals surface area contributed by atoms with Crippen molar-refractivity contribution < 1.29 is 22.7 Å². The second-order valence-corrected chi connectivity index (χ2v) is 7.59. The van der Waals surface area contributed by atoms with Crippen LogP contribution in [0.3, 0.4) is 0 Å². The van der Waals surface area contributed by atoms with E-state index in [1.54, 1.807) is 49.3 Å². The SMILES string of the molecule is COc1cccc(/C=C/C(=O)Nc2cc(S(N)(=O)=O)ccc2N(C)C)c1OC. The van der Waals surface area contributed by atoms with Crippen molar-refractivity contribution in [1.29, 1.82) is 0 Å². The van der Waals surface area contributed by atoms with Gasteiger partial charge in [0.05, 0.1) is 30.5 Å². The standard InChI is InChI=1S/C19H23N3O5S/c1-22(2)16-10-9-14(28(20,24)25)12-15(16)21-18(23)11-8-13-6-5-7-17(26-3)19(13)27-4/h5-12H,1-4H3,(H,21,23)(H2,20,24,25)/b11-8+. The molecule has 0 spiro atoms. The third-order valence-electron chi connectivity index (χ3n) is 3.88. The molecule has 0 fully saturated rings. The molecule has 0 saturated heterocycles. The van der Waals surface area contributed by atoms with Crippen molar-refractivity contribution in [3.63, 3.8) is 0 Å². The van der Waals surface area contributed by atoms with Crippen LogP contribution in [-0.2, 0) is 14.8 Å². The van der Waals surface area contributed by atoms with Crippen LogP contribution in [0, 0.1) is 0 Å². The highest BCUT2D eigenvalue weighted by Crippen LogP contribution is 2.31. The predicted octanol–water partition coefficient (Wildman–Crippen LogP) is 2.07. The van der Waals surface area contributed by atoms with E-state index in [2.05, 4.69) is 5.32 Å². The highest BCUT2D eigenvalue weighted by molar-refractivity contribution is 7.89. The summed E-state index contributed by atoms with van der Waals surface area (Å²) in [5, 5.41) is 7.86. The highest BCUT2D eigenvalue weighted by Gasteiger charge is 2.14. The Labute approximate surface area is 164 Å². The number of methoxy groups -OCH3 is 2. The van der Waals surface area contributed by atoms with E-state index in [0.29, 0.717) is 28.4 Å². The van der Waals surface area contributed by atoms with Gasteiger partial charge in [-0.25, -0.2) is 13.6 Å². The minimum atomic E-state index is -3.89. The van der Waals surface area contributed by atoms with E-state index < -0.39 is 15.9 Å². The molecule has 3 N–H and O–H groups in total. The Kier molecular flexibility index (Phi) is 6.66. The van der Waals surface area contributed by atoms with Gasteiger partial charge in [-0.2, -0.15) is 0 Å². The van der Waals surface area contributed by atoms with Gasteiger partial charge >= 0.3 is 0 Å². The predicted molar refractivity (Wildman–Crippen MR) is 109 cm³/mol. The number of amides is 1. The van der Waals surface area contributed by atoms with E-state index in [0.717, 1.165) is 0 Å². The molecule has 0 atom stereocenters. The van der Waals surface area contributed by atoms with Crippen molar-refractivity contribution >= 4 is 33.4 Å². The number of carbonyl (C=O) groups is 1. The van der Waals surface area contributed by atoms with Crippen molar-refractivity contribution in [2.45, 2.75) is 4.90 Å². The van der Waals surface area contributed by atoms with Gasteiger partial charge in [-0.15, -0.1) is 0 Å². The van der Waals surface area contributed by atoms with E-state index >= 15 is 0 Å². The molecular formula is C19H23N3O5S. The third-order valence-corrected chi connectivity index (χ3v) is 4.79. The molecule has 0 aliphatic rings. The number of rotatable bonds is 7. The van der Waals surface area contributed by atoms with Crippen LogP contribution < -0.4 is 24.8 Å². The molecule has 0 heterocycles. The number of para-hydroxylation sites is 1. The maximum atomic E-state index is 12.4. The van der Waals surface area contributed by atoms with Gasteiger partial charge in [-0.3, -0.25) is 4.79 Å². The lowest BCUT2D eigenvalue weighted by atomic mass is 10.1. The molecule has 0 bridgehead atoms. The van der Waals surface area contributed by atoms with E-state index in [1.165, 1.54) is 32.4 Å². The van der Waals surface area contributed by atoms with Crippen LogP contribution in [0.5, 0.6) is 11.5 Å². The van der Waals surface area contributed by atoms with E-state index in [9.17, 15) is 13.2 Å². The molecule has 2 aromatic rings. The summed E-state index contributed by atoms with van der Waals surface area (Å²) in [6.45, 7) is 0.